The van der Waals surface area contributed by atoms with Crippen LogP contribution >= 0.6 is 12.4 Å². The first-order valence-corrected chi connectivity index (χ1v) is 22.5. The second kappa shape index (κ2) is 29.6. The minimum atomic E-state index is -2.33. The number of Topliss-reactive ketones (excluding diaryl/α,β-unsaturated/α-hetero) is 1. The number of ketones is 1. The number of ether oxygens (including phenoxy) is 5. The van der Waals surface area contributed by atoms with Gasteiger partial charge in [-0.15, -0.1) is 12.4 Å². The summed E-state index contributed by atoms with van der Waals surface area (Å²) in [7, 11) is 1.11. The lowest BCUT2D eigenvalue weighted by molar-refractivity contribution is -0.310. The molecular weight excluding hydrogens is 898 g/mol. The van der Waals surface area contributed by atoms with E-state index in [1.807, 2.05) is 31.2 Å². The van der Waals surface area contributed by atoms with Crippen molar-refractivity contribution in [3.63, 3.8) is 0 Å². The van der Waals surface area contributed by atoms with Gasteiger partial charge in [0.25, 0.3) is 0 Å². The second-order valence-electron chi connectivity index (χ2n) is 17.6. The van der Waals surface area contributed by atoms with Crippen LogP contribution in [-0.2, 0) is 38.1 Å². The smallest absolute Gasteiger partial charge is 0.313 e. The largest absolute Gasteiger partial charge is 0.469 e. The van der Waals surface area contributed by atoms with E-state index >= 15 is 0 Å². The highest BCUT2D eigenvalue weighted by atomic mass is 35.5. The number of carbonyl (C=O) groups excluding carboxylic acids is 3. The molecule has 380 valence electrons. The molecule has 0 aromatic carbocycles. The van der Waals surface area contributed by atoms with Crippen molar-refractivity contribution in [1.29, 1.82) is 0 Å². The zero-order chi connectivity index (χ0) is 49.1. The van der Waals surface area contributed by atoms with Gasteiger partial charge in [-0.1, -0.05) is 98.9 Å². The molecule has 0 aliphatic carbocycles. The van der Waals surface area contributed by atoms with Crippen LogP contribution in [0.15, 0.2) is 85.1 Å². The van der Waals surface area contributed by atoms with Crippen molar-refractivity contribution in [3.05, 3.63) is 85.1 Å². The third kappa shape index (κ3) is 19.8. The van der Waals surface area contributed by atoms with Crippen LogP contribution in [0.2, 0.25) is 0 Å². The molecule has 2 unspecified atom stereocenters. The van der Waals surface area contributed by atoms with Gasteiger partial charge in [-0.25, -0.2) is 0 Å². The zero-order valence-corrected chi connectivity index (χ0v) is 39.6. The molecule has 3 aliphatic rings. The Balaban J connectivity index is 0.0000154. The summed E-state index contributed by atoms with van der Waals surface area (Å²) in [5.74, 6) is -6.60. The number of aliphatic hydroxyl groups excluding tert-OH is 8. The maximum Gasteiger partial charge on any atom is 0.313 e. The van der Waals surface area contributed by atoms with Gasteiger partial charge in [0, 0.05) is 50.4 Å². The van der Waals surface area contributed by atoms with Gasteiger partial charge in [0.15, 0.2) is 12.1 Å². The number of methoxy groups -OCH3 is 1. The molecule has 2 fully saturated rings. The molecule has 0 spiro atoms. The van der Waals surface area contributed by atoms with E-state index in [4.69, 9.17) is 29.4 Å². The molecule has 0 amide bonds. The Morgan fingerprint density at radius 1 is 0.701 bits per heavy atom. The van der Waals surface area contributed by atoms with Crippen LogP contribution in [0, 0.1) is 17.8 Å². The molecule has 18 nitrogen and oxygen atoms in total. The molecular formula is C48H74ClNO17. The predicted molar refractivity (Wildman–Crippen MR) is 248 cm³/mol. The first-order valence-electron chi connectivity index (χ1n) is 22.5. The number of carbonyl (C=O) groups is 3. The summed E-state index contributed by atoms with van der Waals surface area (Å²) >= 11 is 0. The van der Waals surface area contributed by atoms with Crippen molar-refractivity contribution in [3.8, 4) is 0 Å². The molecule has 11 N–H and O–H groups in total. The highest BCUT2D eigenvalue weighted by molar-refractivity contribution is 5.85. The summed E-state index contributed by atoms with van der Waals surface area (Å²) in [4.78, 5) is 38.4. The van der Waals surface area contributed by atoms with Crippen molar-refractivity contribution < 1.29 is 84.0 Å². The van der Waals surface area contributed by atoms with E-state index in [-0.39, 0.29) is 44.0 Å². The van der Waals surface area contributed by atoms with Crippen molar-refractivity contribution in [2.75, 3.05) is 7.11 Å². The molecule has 3 heterocycles. The molecule has 0 radical (unpaired) electrons. The Labute approximate surface area is 399 Å². The maximum atomic E-state index is 13.0. The molecule has 2 saturated heterocycles. The lowest BCUT2D eigenvalue weighted by Gasteiger charge is -2.45. The molecule has 3 rings (SSSR count). The molecule has 18 atom stereocenters. The van der Waals surface area contributed by atoms with Crippen LogP contribution in [0.3, 0.4) is 0 Å². The summed E-state index contributed by atoms with van der Waals surface area (Å²) in [5.41, 5.74) is 6.05. The topological polar surface area (TPSA) is 305 Å². The monoisotopic (exact) mass is 971 g/mol. The minimum Gasteiger partial charge on any atom is -0.469 e. The van der Waals surface area contributed by atoms with Crippen molar-refractivity contribution in [2.24, 2.45) is 23.5 Å². The summed E-state index contributed by atoms with van der Waals surface area (Å²) in [6, 6.07) is -1.14. The summed E-state index contributed by atoms with van der Waals surface area (Å²) in [5, 5.41) is 97.8. The zero-order valence-electron chi connectivity index (χ0n) is 38.8. The number of esters is 2. The fraction of sp³-hybridized carbons (Fsp3) is 0.646. The SMILES string of the molecule is COC(=O)[C@H]1[C@@H]2C[C@@H](O[C@@H]3O[C@H](C)[C@@H](O)[C@H](N)[C@@H]3O)C=CC=CC=CC=CC=CC=CC=C[C@H](C)[C@@H](O)[C@H](C)[C@H](C)OC(=O)C[C@H](O)CC(O)CC(=O)CCC(O)[C@H](O)C[C@](O)(C[C@@H]1O)O2.Cl. The van der Waals surface area contributed by atoms with Crippen LogP contribution in [0.5, 0.6) is 0 Å². The molecule has 0 aromatic heterocycles. The number of cyclic esters (lactones) is 1. The van der Waals surface area contributed by atoms with Crippen LogP contribution in [0.1, 0.15) is 79.1 Å². The van der Waals surface area contributed by atoms with E-state index in [1.54, 1.807) is 81.5 Å². The Bertz CT molecular complexity index is 1740. The number of halogens is 1. The molecule has 67 heavy (non-hydrogen) atoms. The normalized spacial score (nSPS) is 39.8. The number of allylic oxidation sites excluding steroid dienone is 12. The van der Waals surface area contributed by atoms with E-state index in [0.717, 1.165) is 7.11 Å². The highest BCUT2D eigenvalue weighted by Crippen LogP contribution is 2.38. The van der Waals surface area contributed by atoms with Crippen LogP contribution in [-0.4, -0.2) is 162 Å². The Hall–Kier alpha value is -3.44. The molecule has 0 saturated carbocycles. The third-order valence-electron chi connectivity index (χ3n) is 12.1. The predicted octanol–water partition coefficient (Wildman–Crippen LogP) is 1.43. The summed E-state index contributed by atoms with van der Waals surface area (Å²) in [6.07, 6.45) is 4.70. The van der Waals surface area contributed by atoms with Gasteiger partial charge in [-0.05, 0) is 20.3 Å². The fourth-order valence-electron chi connectivity index (χ4n) is 7.94. The second-order valence-corrected chi connectivity index (χ2v) is 17.6. The number of rotatable bonds is 3. The first-order chi connectivity index (χ1) is 31.2. The van der Waals surface area contributed by atoms with Gasteiger partial charge >= 0.3 is 11.9 Å². The van der Waals surface area contributed by atoms with E-state index in [2.05, 4.69) is 0 Å². The standard InChI is InChI=1S/C48H73NO17.ClH/c1-28-18-16-14-12-10-8-6-7-9-11-13-15-17-19-35(65-47-45(59)42(49)44(58)31(4)64-47)25-39-41(46(60)62-5)38(55)27-48(61,66-39)26-37(54)36(53)21-20-32(50)22-33(51)23-34(52)24-40(56)63-30(3)29(2)43(28)57;/h6-19,28-31,33-39,41-45,47,51-55,57-59,61H,20-27,49H2,1-5H3;1H/t28-,29+,30-,31+,33?,34+,35-,36?,37+,38-,39-,41+,42-,43+,44+,45-,47-,48+;/m0./s1. The molecule has 0 aromatic rings. The summed E-state index contributed by atoms with van der Waals surface area (Å²) < 4.78 is 28.3. The number of hydrogen-bond donors (Lipinski definition) is 10. The number of hydrogen-bond acceptors (Lipinski definition) is 18. The molecule has 19 heteroatoms. The summed E-state index contributed by atoms with van der Waals surface area (Å²) in [6.45, 7) is 6.74. The van der Waals surface area contributed by atoms with E-state index in [9.17, 15) is 60.3 Å². The van der Waals surface area contributed by atoms with E-state index in [0.29, 0.717) is 0 Å². The lowest BCUT2D eigenvalue weighted by atomic mass is 9.82. The van der Waals surface area contributed by atoms with Gasteiger partial charge in [0.2, 0.25) is 0 Å². The van der Waals surface area contributed by atoms with Gasteiger partial charge in [-0.2, -0.15) is 0 Å². The Morgan fingerprint density at radius 2 is 1.24 bits per heavy atom. The van der Waals surface area contributed by atoms with E-state index < -0.39 is 147 Å². The molecule has 2 bridgehead atoms. The molecule has 3 aliphatic heterocycles. The van der Waals surface area contributed by atoms with Gasteiger partial charge in [0.05, 0.1) is 80.6 Å². The van der Waals surface area contributed by atoms with Crippen LogP contribution in [0.25, 0.3) is 0 Å². The Morgan fingerprint density at radius 3 is 1.82 bits per heavy atom. The van der Waals surface area contributed by atoms with Crippen LogP contribution in [0.4, 0.5) is 0 Å². The maximum absolute atomic E-state index is 13.0. The quantitative estimate of drug-likeness (QED) is 0.179. The average Bonchev–Trinajstić information content (AvgIpc) is 3.24. The number of aliphatic hydroxyl groups is 9. The number of nitrogens with two attached hydrogens (primary N) is 1. The number of fused-ring (bicyclic) bond motifs is 2. The van der Waals surface area contributed by atoms with Crippen LogP contribution < -0.4 is 5.73 Å². The van der Waals surface area contributed by atoms with E-state index in [1.165, 1.54) is 0 Å². The van der Waals surface area contributed by atoms with Gasteiger partial charge in [-0.3, -0.25) is 14.4 Å². The highest BCUT2D eigenvalue weighted by Gasteiger charge is 2.51. The minimum absolute atomic E-state index is 0. The van der Waals surface area contributed by atoms with Gasteiger partial charge < -0.3 is 75.4 Å². The lowest BCUT2D eigenvalue weighted by Crippen LogP contribution is -2.61. The van der Waals surface area contributed by atoms with Crippen molar-refractivity contribution >= 4 is 30.1 Å². The van der Waals surface area contributed by atoms with Crippen molar-refractivity contribution in [2.45, 2.75) is 170 Å². The van der Waals surface area contributed by atoms with Gasteiger partial charge in [0.1, 0.15) is 23.9 Å². The Kier molecular flexibility index (Phi) is 26.3. The average molecular weight is 973 g/mol. The van der Waals surface area contributed by atoms with Crippen molar-refractivity contribution in [1.82, 2.24) is 0 Å². The fourth-order valence-corrected chi connectivity index (χ4v) is 7.94. The first kappa shape index (κ1) is 59.7. The third-order valence-corrected chi connectivity index (χ3v) is 12.1.